The SMILES string of the molecule is CC(=NCN)C(C)(C)NC(=O)c1cc(C)on1. The molecule has 0 spiro atoms. The minimum Gasteiger partial charge on any atom is -0.361 e. The number of carbonyl (C=O) groups excluding carboxylic acids is 1. The van der Waals surface area contributed by atoms with Gasteiger partial charge in [-0.1, -0.05) is 5.16 Å². The molecule has 1 aromatic rings. The lowest BCUT2D eigenvalue weighted by Crippen LogP contribution is -2.49. The smallest absolute Gasteiger partial charge is 0.274 e. The first-order valence-corrected chi connectivity index (χ1v) is 5.34. The summed E-state index contributed by atoms with van der Waals surface area (Å²) in [6.45, 7) is 7.46. The quantitative estimate of drug-likeness (QED) is 0.761. The van der Waals surface area contributed by atoms with E-state index in [2.05, 4.69) is 15.5 Å². The molecule has 1 rings (SSSR count). The number of aryl methyl sites for hydroxylation is 1. The summed E-state index contributed by atoms with van der Waals surface area (Å²) in [6.07, 6.45) is 0. The molecular weight excluding hydrogens is 220 g/mol. The number of nitrogens with two attached hydrogens (primary N) is 1. The van der Waals surface area contributed by atoms with Gasteiger partial charge in [0.2, 0.25) is 0 Å². The number of aliphatic imine (C=N–C) groups is 1. The Kier molecular flexibility index (Phi) is 4.01. The van der Waals surface area contributed by atoms with Crippen LogP contribution in [0.25, 0.3) is 0 Å². The Morgan fingerprint density at radius 2 is 2.29 bits per heavy atom. The van der Waals surface area contributed by atoms with Crippen LogP contribution in [0.3, 0.4) is 0 Å². The van der Waals surface area contributed by atoms with Gasteiger partial charge in [-0.3, -0.25) is 9.79 Å². The summed E-state index contributed by atoms with van der Waals surface area (Å²) < 4.78 is 4.85. The molecule has 1 amide bonds. The van der Waals surface area contributed by atoms with Crippen LogP contribution in [0.15, 0.2) is 15.6 Å². The number of nitrogens with zero attached hydrogens (tertiary/aromatic N) is 2. The number of hydrogen-bond donors (Lipinski definition) is 2. The molecule has 0 unspecified atom stereocenters. The highest BCUT2D eigenvalue weighted by atomic mass is 16.5. The van der Waals surface area contributed by atoms with Gasteiger partial charge in [0, 0.05) is 11.8 Å². The van der Waals surface area contributed by atoms with Crippen molar-refractivity contribution in [2.24, 2.45) is 10.7 Å². The predicted molar refractivity (Wildman–Crippen MR) is 64.9 cm³/mol. The molecule has 0 saturated heterocycles. The van der Waals surface area contributed by atoms with Gasteiger partial charge in [-0.05, 0) is 27.7 Å². The van der Waals surface area contributed by atoms with Gasteiger partial charge in [0.15, 0.2) is 5.69 Å². The Bertz CT molecular complexity index is 434. The molecule has 0 aliphatic rings. The normalized spacial score (nSPS) is 12.6. The highest BCUT2D eigenvalue weighted by Crippen LogP contribution is 2.08. The molecular formula is C11H18N4O2. The van der Waals surface area contributed by atoms with E-state index in [1.165, 1.54) is 0 Å². The summed E-state index contributed by atoms with van der Waals surface area (Å²) >= 11 is 0. The maximum Gasteiger partial charge on any atom is 0.274 e. The molecule has 0 bridgehead atoms. The Morgan fingerprint density at radius 1 is 1.65 bits per heavy atom. The van der Waals surface area contributed by atoms with Gasteiger partial charge >= 0.3 is 0 Å². The van der Waals surface area contributed by atoms with Crippen LogP contribution in [0.1, 0.15) is 37.0 Å². The number of rotatable bonds is 4. The van der Waals surface area contributed by atoms with Gasteiger partial charge in [0.25, 0.3) is 5.91 Å². The zero-order valence-electron chi connectivity index (χ0n) is 10.6. The minimum atomic E-state index is -0.566. The van der Waals surface area contributed by atoms with Crippen molar-refractivity contribution in [2.75, 3.05) is 6.67 Å². The summed E-state index contributed by atoms with van der Waals surface area (Å²) in [5.74, 6) is 0.304. The average molecular weight is 238 g/mol. The van der Waals surface area contributed by atoms with Crippen molar-refractivity contribution >= 4 is 11.6 Å². The van der Waals surface area contributed by atoms with Crippen molar-refractivity contribution in [3.63, 3.8) is 0 Å². The van der Waals surface area contributed by atoms with Crippen LogP contribution in [-0.2, 0) is 0 Å². The van der Waals surface area contributed by atoms with Crippen LogP contribution in [0.5, 0.6) is 0 Å². The van der Waals surface area contributed by atoms with Crippen LogP contribution in [-0.4, -0.2) is 29.0 Å². The van der Waals surface area contributed by atoms with E-state index in [9.17, 15) is 4.79 Å². The molecule has 6 heteroatoms. The fourth-order valence-electron chi connectivity index (χ4n) is 1.25. The average Bonchev–Trinajstić information content (AvgIpc) is 2.64. The van der Waals surface area contributed by atoms with E-state index >= 15 is 0 Å². The second kappa shape index (κ2) is 5.09. The number of carbonyl (C=O) groups is 1. The second-order valence-electron chi connectivity index (χ2n) is 4.33. The van der Waals surface area contributed by atoms with Crippen molar-refractivity contribution in [2.45, 2.75) is 33.2 Å². The molecule has 6 nitrogen and oxygen atoms in total. The van der Waals surface area contributed by atoms with Crippen LogP contribution in [0.4, 0.5) is 0 Å². The third kappa shape index (κ3) is 3.39. The Balaban J connectivity index is 2.77. The van der Waals surface area contributed by atoms with E-state index in [4.69, 9.17) is 10.3 Å². The molecule has 0 atom stereocenters. The first-order chi connectivity index (χ1) is 7.86. The molecule has 0 fully saturated rings. The summed E-state index contributed by atoms with van der Waals surface area (Å²) in [6, 6.07) is 1.58. The standard InChI is InChI=1S/C11H18N4O2/c1-7-5-9(15-17-7)10(16)14-11(3,4)8(2)13-6-12/h5H,6,12H2,1-4H3,(H,14,16). The molecule has 3 N–H and O–H groups in total. The van der Waals surface area contributed by atoms with E-state index < -0.39 is 5.54 Å². The van der Waals surface area contributed by atoms with E-state index in [-0.39, 0.29) is 18.3 Å². The van der Waals surface area contributed by atoms with Crippen LogP contribution >= 0.6 is 0 Å². The first-order valence-electron chi connectivity index (χ1n) is 5.34. The molecule has 1 aromatic heterocycles. The number of nitrogens with one attached hydrogen (secondary N) is 1. The zero-order chi connectivity index (χ0) is 13.1. The Labute approximate surface area is 100 Å². The van der Waals surface area contributed by atoms with Gasteiger partial charge in [-0.15, -0.1) is 0 Å². The number of hydrogen-bond acceptors (Lipinski definition) is 5. The van der Waals surface area contributed by atoms with Crippen molar-refractivity contribution in [1.29, 1.82) is 0 Å². The summed E-state index contributed by atoms with van der Waals surface area (Å²) in [7, 11) is 0. The zero-order valence-corrected chi connectivity index (χ0v) is 10.6. The van der Waals surface area contributed by atoms with Crippen molar-refractivity contribution in [1.82, 2.24) is 10.5 Å². The lowest BCUT2D eigenvalue weighted by atomic mass is 9.99. The molecule has 94 valence electrons. The topological polar surface area (TPSA) is 93.5 Å². The number of aromatic nitrogens is 1. The number of amides is 1. The molecule has 17 heavy (non-hydrogen) atoms. The first kappa shape index (κ1) is 13.4. The van der Waals surface area contributed by atoms with Crippen LogP contribution < -0.4 is 11.1 Å². The summed E-state index contributed by atoms with van der Waals surface area (Å²) in [5.41, 5.74) is 5.80. The maximum absolute atomic E-state index is 11.9. The summed E-state index contributed by atoms with van der Waals surface area (Å²) in [5, 5.41) is 6.48. The predicted octanol–water partition coefficient (Wildman–Crippen LogP) is 0.869. The lowest BCUT2D eigenvalue weighted by Gasteiger charge is -2.25. The van der Waals surface area contributed by atoms with Crippen LogP contribution in [0.2, 0.25) is 0 Å². The van der Waals surface area contributed by atoms with E-state index in [1.807, 2.05) is 20.8 Å². The highest BCUT2D eigenvalue weighted by molar-refractivity contribution is 5.99. The Hall–Kier alpha value is -1.69. The van der Waals surface area contributed by atoms with Gasteiger partial charge in [-0.2, -0.15) is 0 Å². The molecule has 1 heterocycles. The third-order valence-corrected chi connectivity index (χ3v) is 2.52. The monoisotopic (exact) mass is 238 g/mol. The van der Waals surface area contributed by atoms with E-state index in [0.717, 1.165) is 5.71 Å². The van der Waals surface area contributed by atoms with Gasteiger partial charge in [0.05, 0.1) is 12.2 Å². The third-order valence-electron chi connectivity index (χ3n) is 2.52. The highest BCUT2D eigenvalue weighted by Gasteiger charge is 2.25. The largest absolute Gasteiger partial charge is 0.361 e. The molecule has 0 aliphatic carbocycles. The van der Waals surface area contributed by atoms with Gasteiger partial charge < -0.3 is 15.6 Å². The minimum absolute atomic E-state index is 0.203. The van der Waals surface area contributed by atoms with Gasteiger partial charge in [0.1, 0.15) is 5.76 Å². The van der Waals surface area contributed by atoms with Crippen molar-refractivity contribution in [3.8, 4) is 0 Å². The van der Waals surface area contributed by atoms with E-state index in [0.29, 0.717) is 5.76 Å². The fraction of sp³-hybridized carbons (Fsp3) is 0.545. The van der Waals surface area contributed by atoms with Crippen molar-refractivity contribution < 1.29 is 9.32 Å². The summed E-state index contributed by atoms with van der Waals surface area (Å²) in [4.78, 5) is 15.9. The maximum atomic E-state index is 11.9. The van der Waals surface area contributed by atoms with E-state index in [1.54, 1.807) is 13.0 Å². The molecule has 0 aliphatic heterocycles. The van der Waals surface area contributed by atoms with Gasteiger partial charge in [-0.25, -0.2) is 0 Å². The Morgan fingerprint density at radius 3 is 2.76 bits per heavy atom. The van der Waals surface area contributed by atoms with Crippen LogP contribution in [0, 0.1) is 6.92 Å². The van der Waals surface area contributed by atoms with Crippen molar-refractivity contribution in [3.05, 3.63) is 17.5 Å². The lowest BCUT2D eigenvalue weighted by molar-refractivity contribution is 0.0922. The fourth-order valence-corrected chi connectivity index (χ4v) is 1.25. The molecule has 0 radical (unpaired) electrons. The molecule has 0 saturated carbocycles. The second-order valence-corrected chi connectivity index (χ2v) is 4.33. The molecule has 0 aromatic carbocycles.